The summed E-state index contributed by atoms with van der Waals surface area (Å²) < 4.78 is 1.79. The fourth-order valence-electron chi connectivity index (χ4n) is 3.59. The fraction of sp³-hybridized carbons (Fsp3) is 0.400. The molecular weight excluding hydrogens is 388 g/mol. The Morgan fingerprint density at radius 2 is 1.81 bits per heavy atom. The lowest BCUT2D eigenvalue weighted by Crippen LogP contribution is -2.43. The van der Waals surface area contributed by atoms with E-state index in [4.69, 9.17) is 0 Å². The molecule has 0 radical (unpaired) electrons. The molecule has 0 aliphatic rings. The first kappa shape index (κ1) is 24.1. The van der Waals surface area contributed by atoms with E-state index in [2.05, 4.69) is 29.4 Å². The molecular formula is C25H34N4O2. The zero-order valence-corrected chi connectivity index (χ0v) is 19.4. The number of carbonyl (C=O) groups is 2. The van der Waals surface area contributed by atoms with E-state index in [1.807, 2.05) is 58.4 Å². The van der Waals surface area contributed by atoms with Crippen molar-refractivity contribution in [3.05, 3.63) is 71.7 Å². The van der Waals surface area contributed by atoms with Crippen LogP contribution in [0.5, 0.6) is 0 Å². The molecule has 0 saturated heterocycles. The highest BCUT2D eigenvalue weighted by atomic mass is 16.2. The van der Waals surface area contributed by atoms with Gasteiger partial charge >= 0.3 is 0 Å². The smallest absolute Gasteiger partial charge is 0.267 e. The summed E-state index contributed by atoms with van der Waals surface area (Å²) in [5.74, 6) is -0.0747. The number of benzene rings is 1. The molecule has 2 aromatic rings. The molecule has 0 spiro atoms. The molecule has 31 heavy (non-hydrogen) atoms. The van der Waals surface area contributed by atoms with Crippen molar-refractivity contribution in [1.82, 2.24) is 14.8 Å². The number of likely N-dealkylation sites (N-methyl/N-ethyl adjacent to an activating group) is 1. The monoisotopic (exact) mass is 422 g/mol. The van der Waals surface area contributed by atoms with E-state index >= 15 is 0 Å². The van der Waals surface area contributed by atoms with Crippen LogP contribution in [-0.2, 0) is 11.8 Å². The maximum Gasteiger partial charge on any atom is 0.267 e. The van der Waals surface area contributed by atoms with Crippen LogP contribution in [0.4, 0.5) is 0 Å². The first-order chi connectivity index (χ1) is 14.7. The summed E-state index contributed by atoms with van der Waals surface area (Å²) >= 11 is 0. The summed E-state index contributed by atoms with van der Waals surface area (Å²) in [6.45, 7) is 8.17. The lowest BCUT2D eigenvalue weighted by molar-refractivity contribution is -0.128. The van der Waals surface area contributed by atoms with Gasteiger partial charge in [-0.05, 0) is 44.9 Å². The molecule has 0 aliphatic heterocycles. The van der Waals surface area contributed by atoms with Crippen molar-refractivity contribution in [2.45, 2.75) is 46.1 Å². The highest BCUT2D eigenvalue weighted by Crippen LogP contribution is 2.25. The molecule has 2 unspecified atom stereocenters. The predicted octanol–water partition coefficient (Wildman–Crippen LogP) is 4.16. The Balaban J connectivity index is 2.17. The normalized spacial score (nSPS) is 13.3. The molecule has 0 bridgehead atoms. The third-order valence-corrected chi connectivity index (χ3v) is 5.48. The summed E-state index contributed by atoms with van der Waals surface area (Å²) in [5, 5.41) is 2.99. The van der Waals surface area contributed by atoms with Crippen LogP contribution in [-0.4, -0.2) is 46.6 Å². The van der Waals surface area contributed by atoms with Crippen LogP contribution in [0.15, 0.2) is 65.4 Å². The quantitative estimate of drug-likeness (QED) is 0.487. The molecule has 0 fully saturated rings. The maximum atomic E-state index is 13.1. The van der Waals surface area contributed by atoms with Crippen molar-refractivity contribution in [3.8, 4) is 0 Å². The van der Waals surface area contributed by atoms with E-state index in [9.17, 15) is 9.59 Å². The Morgan fingerprint density at radius 1 is 1.13 bits per heavy atom. The number of aryl methyl sites for hydroxylation is 1. The number of hydrogen-bond acceptors (Lipinski definition) is 3. The van der Waals surface area contributed by atoms with Crippen LogP contribution in [0.3, 0.4) is 0 Å². The molecule has 166 valence electrons. The summed E-state index contributed by atoms with van der Waals surface area (Å²) in [4.78, 5) is 31.6. The van der Waals surface area contributed by atoms with E-state index in [1.165, 1.54) is 0 Å². The minimum Gasteiger partial charge on any atom is -0.351 e. The van der Waals surface area contributed by atoms with Crippen LogP contribution in [0.1, 0.15) is 56.1 Å². The van der Waals surface area contributed by atoms with Gasteiger partial charge in [0.25, 0.3) is 11.8 Å². The van der Waals surface area contributed by atoms with Crippen molar-refractivity contribution >= 4 is 17.5 Å². The Bertz CT molecular complexity index is 939. The minimum atomic E-state index is -0.114. The largest absolute Gasteiger partial charge is 0.351 e. The van der Waals surface area contributed by atoms with Crippen molar-refractivity contribution in [2.24, 2.45) is 12.0 Å². The Hall–Kier alpha value is -3.15. The lowest BCUT2D eigenvalue weighted by atomic mass is 9.90. The molecule has 0 saturated carbocycles. The number of rotatable bonds is 9. The van der Waals surface area contributed by atoms with Crippen LogP contribution >= 0.6 is 0 Å². The van der Waals surface area contributed by atoms with Gasteiger partial charge in [-0.2, -0.15) is 0 Å². The molecule has 2 amide bonds. The van der Waals surface area contributed by atoms with Gasteiger partial charge in [0.2, 0.25) is 0 Å². The second kappa shape index (κ2) is 11.3. The Morgan fingerprint density at radius 3 is 2.39 bits per heavy atom. The lowest BCUT2D eigenvalue weighted by Gasteiger charge is -2.33. The molecule has 1 N–H and O–H groups in total. The van der Waals surface area contributed by atoms with Gasteiger partial charge in [0, 0.05) is 56.3 Å². The second-order valence-electron chi connectivity index (χ2n) is 8.12. The molecule has 1 heterocycles. The summed E-state index contributed by atoms with van der Waals surface area (Å²) in [6, 6.07) is 13.7. The van der Waals surface area contributed by atoms with Crippen LogP contribution < -0.4 is 5.32 Å². The standard InChI is InChI=1S/C25H34N4O2/c1-18(2)27-17-19(3)25(31)29(6)22(20(4)21-11-8-7-9-12-21)14-15-26-24(30)23-13-10-16-28(23)5/h7-13,16-17,20,22H,14-15H2,1-6H3,(H,26,30). The van der Waals surface area contributed by atoms with Crippen molar-refractivity contribution in [3.63, 3.8) is 0 Å². The zero-order valence-electron chi connectivity index (χ0n) is 19.4. The van der Waals surface area contributed by atoms with Gasteiger partial charge in [0.05, 0.1) is 0 Å². The molecule has 0 aliphatic carbocycles. The number of aliphatic imine (C=N–C) groups is 1. The van der Waals surface area contributed by atoms with E-state index in [0.717, 1.165) is 11.3 Å². The van der Waals surface area contributed by atoms with Crippen LogP contribution in [0, 0.1) is 0 Å². The van der Waals surface area contributed by atoms with Crippen molar-refractivity contribution < 1.29 is 9.59 Å². The van der Waals surface area contributed by atoms with Gasteiger partial charge in [-0.25, -0.2) is 0 Å². The second-order valence-corrected chi connectivity index (χ2v) is 8.12. The molecule has 1 aromatic heterocycles. The SMILES string of the molecule is CC(=CN=C(C)C)C(=O)N(C)C(CCNC(=O)c1cccn1C)C(C)c1ccccc1. The van der Waals surface area contributed by atoms with E-state index in [0.29, 0.717) is 24.2 Å². The number of amides is 2. The van der Waals surface area contributed by atoms with Gasteiger partial charge in [-0.15, -0.1) is 0 Å². The number of nitrogens with zero attached hydrogens (tertiary/aromatic N) is 3. The first-order valence-electron chi connectivity index (χ1n) is 10.6. The van der Waals surface area contributed by atoms with Crippen molar-refractivity contribution in [2.75, 3.05) is 13.6 Å². The average Bonchev–Trinajstić information content (AvgIpc) is 3.20. The summed E-state index contributed by atoms with van der Waals surface area (Å²) in [6.07, 6.45) is 4.10. The average molecular weight is 423 g/mol. The first-order valence-corrected chi connectivity index (χ1v) is 10.6. The van der Waals surface area contributed by atoms with Gasteiger partial charge in [-0.3, -0.25) is 14.6 Å². The third-order valence-electron chi connectivity index (χ3n) is 5.48. The van der Waals surface area contributed by atoms with Gasteiger partial charge in [0.15, 0.2) is 0 Å². The number of nitrogens with one attached hydrogen (secondary N) is 1. The number of carbonyl (C=O) groups excluding carboxylic acids is 2. The van der Waals surface area contributed by atoms with E-state index < -0.39 is 0 Å². The summed E-state index contributed by atoms with van der Waals surface area (Å²) in [7, 11) is 3.67. The van der Waals surface area contributed by atoms with Crippen LogP contribution in [0.25, 0.3) is 0 Å². The molecule has 2 rings (SSSR count). The molecule has 1 aromatic carbocycles. The highest BCUT2D eigenvalue weighted by Gasteiger charge is 2.27. The van der Waals surface area contributed by atoms with Crippen LogP contribution in [0.2, 0.25) is 0 Å². The predicted molar refractivity (Wildman–Crippen MR) is 126 cm³/mol. The highest BCUT2D eigenvalue weighted by molar-refractivity contribution is 5.93. The van der Waals surface area contributed by atoms with Gasteiger partial charge in [-0.1, -0.05) is 37.3 Å². The Kier molecular flexibility index (Phi) is 8.79. The Labute approximate surface area is 185 Å². The fourth-order valence-corrected chi connectivity index (χ4v) is 3.59. The minimum absolute atomic E-state index is 0.0634. The molecule has 2 atom stereocenters. The zero-order chi connectivity index (χ0) is 23.0. The van der Waals surface area contributed by atoms with E-state index in [-0.39, 0.29) is 23.8 Å². The summed E-state index contributed by atoms with van der Waals surface area (Å²) in [5.41, 5.74) is 3.25. The maximum absolute atomic E-state index is 13.1. The topological polar surface area (TPSA) is 66.7 Å². The molecule has 6 heteroatoms. The number of aromatic nitrogens is 1. The van der Waals surface area contributed by atoms with E-state index in [1.54, 1.807) is 28.7 Å². The van der Waals surface area contributed by atoms with Gasteiger partial charge in [0.1, 0.15) is 5.69 Å². The number of hydrogen-bond donors (Lipinski definition) is 1. The third kappa shape index (κ3) is 6.67. The van der Waals surface area contributed by atoms with Gasteiger partial charge < -0.3 is 14.8 Å². The molecule has 6 nitrogen and oxygen atoms in total. The van der Waals surface area contributed by atoms with Crippen molar-refractivity contribution in [1.29, 1.82) is 0 Å².